The van der Waals surface area contributed by atoms with E-state index in [0.29, 0.717) is 18.7 Å². The molecule has 0 radical (unpaired) electrons. The van der Waals surface area contributed by atoms with Crippen LogP contribution in [0.2, 0.25) is 0 Å². The monoisotopic (exact) mass is 400 g/mol. The first kappa shape index (κ1) is 18.6. The van der Waals surface area contributed by atoms with Gasteiger partial charge < -0.3 is 4.90 Å². The van der Waals surface area contributed by atoms with E-state index in [1.807, 2.05) is 69.7 Å². The summed E-state index contributed by atoms with van der Waals surface area (Å²) < 4.78 is 3.73. The molecular formula is C23H24N6O. The maximum atomic E-state index is 13.1. The number of fused-ring (bicyclic) bond motifs is 1. The summed E-state index contributed by atoms with van der Waals surface area (Å²) in [6, 6.07) is 18.1. The number of para-hydroxylation sites is 1. The molecule has 4 heterocycles. The fourth-order valence-corrected chi connectivity index (χ4v) is 4.03. The Morgan fingerprint density at radius 3 is 2.53 bits per heavy atom. The molecule has 0 unspecified atom stereocenters. The minimum Gasteiger partial charge on any atom is -0.336 e. The average molecular weight is 400 g/mol. The molecule has 1 saturated heterocycles. The van der Waals surface area contributed by atoms with E-state index in [1.165, 1.54) is 0 Å². The SMILES string of the molecule is Cc1c(C(=O)N2CCN(Cc3cc4ccccn4n3)CC2)cnn1-c1ccccc1. The van der Waals surface area contributed by atoms with E-state index in [2.05, 4.69) is 27.2 Å². The van der Waals surface area contributed by atoms with E-state index in [-0.39, 0.29) is 5.91 Å². The Morgan fingerprint density at radius 2 is 1.77 bits per heavy atom. The van der Waals surface area contributed by atoms with E-state index in [4.69, 9.17) is 0 Å². The minimum atomic E-state index is 0.0575. The molecule has 0 aliphatic carbocycles. The third kappa shape index (κ3) is 3.48. The Labute approximate surface area is 175 Å². The molecule has 0 spiro atoms. The summed E-state index contributed by atoms with van der Waals surface area (Å²) in [6.45, 7) is 5.85. The van der Waals surface area contributed by atoms with Gasteiger partial charge in [-0.25, -0.2) is 9.20 Å². The lowest BCUT2D eigenvalue weighted by molar-refractivity contribution is 0.0626. The number of carbonyl (C=O) groups is 1. The van der Waals surface area contributed by atoms with Gasteiger partial charge in [-0.15, -0.1) is 0 Å². The number of benzene rings is 1. The number of amides is 1. The molecule has 1 fully saturated rings. The Morgan fingerprint density at radius 1 is 1.00 bits per heavy atom. The Hall–Kier alpha value is -3.45. The Bertz CT molecular complexity index is 1140. The number of piperazine rings is 1. The molecule has 3 aromatic heterocycles. The Balaban J connectivity index is 1.23. The van der Waals surface area contributed by atoms with Gasteiger partial charge in [0.15, 0.2) is 0 Å². The van der Waals surface area contributed by atoms with Gasteiger partial charge in [0, 0.05) is 38.9 Å². The van der Waals surface area contributed by atoms with Crippen molar-refractivity contribution in [2.75, 3.05) is 26.2 Å². The molecule has 30 heavy (non-hydrogen) atoms. The van der Waals surface area contributed by atoms with Gasteiger partial charge >= 0.3 is 0 Å². The van der Waals surface area contributed by atoms with Crippen molar-refractivity contribution < 1.29 is 4.79 Å². The second kappa shape index (κ2) is 7.76. The van der Waals surface area contributed by atoms with Gasteiger partial charge in [-0.2, -0.15) is 10.2 Å². The van der Waals surface area contributed by atoms with Crippen LogP contribution in [0.1, 0.15) is 21.7 Å². The topological polar surface area (TPSA) is 58.7 Å². The van der Waals surface area contributed by atoms with Crippen molar-refractivity contribution in [2.45, 2.75) is 13.5 Å². The third-order valence-corrected chi connectivity index (χ3v) is 5.71. The Kier molecular flexibility index (Phi) is 4.80. The first-order valence-electron chi connectivity index (χ1n) is 10.2. The number of carbonyl (C=O) groups excluding carboxylic acids is 1. The van der Waals surface area contributed by atoms with Gasteiger partial charge in [-0.1, -0.05) is 24.3 Å². The highest BCUT2D eigenvalue weighted by Gasteiger charge is 2.25. The normalized spacial score (nSPS) is 15.0. The fraction of sp³-hybridized carbons (Fsp3) is 0.261. The number of rotatable bonds is 4. The molecule has 152 valence electrons. The van der Waals surface area contributed by atoms with Crippen LogP contribution in [0.4, 0.5) is 0 Å². The molecule has 0 saturated carbocycles. The maximum absolute atomic E-state index is 13.1. The highest BCUT2D eigenvalue weighted by Crippen LogP contribution is 2.17. The van der Waals surface area contributed by atoms with E-state index in [1.54, 1.807) is 6.20 Å². The number of nitrogens with zero attached hydrogens (tertiary/aromatic N) is 6. The molecule has 1 aliphatic heterocycles. The maximum Gasteiger partial charge on any atom is 0.257 e. The predicted molar refractivity (Wildman–Crippen MR) is 115 cm³/mol. The summed E-state index contributed by atoms with van der Waals surface area (Å²) >= 11 is 0. The summed E-state index contributed by atoms with van der Waals surface area (Å²) in [7, 11) is 0. The molecule has 1 aliphatic rings. The summed E-state index contributed by atoms with van der Waals surface area (Å²) in [4.78, 5) is 17.4. The molecule has 0 N–H and O–H groups in total. The smallest absolute Gasteiger partial charge is 0.257 e. The third-order valence-electron chi connectivity index (χ3n) is 5.71. The molecule has 7 heteroatoms. The number of hydrogen-bond acceptors (Lipinski definition) is 4. The predicted octanol–water partition coefficient (Wildman–Crippen LogP) is 2.79. The lowest BCUT2D eigenvalue weighted by atomic mass is 10.2. The molecule has 0 bridgehead atoms. The molecule has 4 aromatic rings. The summed E-state index contributed by atoms with van der Waals surface area (Å²) in [5, 5.41) is 9.08. The van der Waals surface area contributed by atoms with Crippen LogP contribution < -0.4 is 0 Å². The first-order chi connectivity index (χ1) is 14.7. The summed E-state index contributed by atoms with van der Waals surface area (Å²) in [6.07, 6.45) is 3.65. The van der Waals surface area contributed by atoms with Crippen molar-refractivity contribution in [1.82, 2.24) is 29.2 Å². The van der Waals surface area contributed by atoms with Crippen molar-refractivity contribution in [3.8, 4) is 5.69 Å². The van der Waals surface area contributed by atoms with Crippen LogP contribution in [0.15, 0.2) is 67.0 Å². The van der Waals surface area contributed by atoms with Gasteiger partial charge in [0.2, 0.25) is 0 Å². The van der Waals surface area contributed by atoms with Crippen LogP contribution in [0.3, 0.4) is 0 Å². The fourth-order valence-electron chi connectivity index (χ4n) is 4.03. The van der Waals surface area contributed by atoms with Gasteiger partial charge in [-0.05, 0) is 37.3 Å². The second-order valence-corrected chi connectivity index (χ2v) is 7.67. The van der Waals surface area contributed by atoms with Crippen LogP contribution in [0.25, 0.3) is 11.2 Å². The highest BCUT2D eigenvalue weighted by molar-refractivity contribution is 5.95. The average Bonchev–Trinajstić information content (AvgIpc) is 3.37. The zero-order chi connectivity index (χ0) is 20.5. The largest absolute Gasteiger partial charge is 0.336 e. The zero-order valence-electron chi connectivity index (χ0n) is 17.0. The number of aromatic nitrogens is 4. The number of hydrogen-bond donors (Lipinski definition) is 0. The van der Waals surface area contributed by atoms with Crippen LogP contribution in [-0.2, 0) is 6.54 Å². The quantitative estimate of drug-likeness (QED) is 0.529. The van der Waals surface area contributed by atoms with Crippen LogP contribution >= 0.6 is 0 Å². The van der Waals surface area contributed by atoms with E-state index >= 15 is 0 Å². The highest BCUT2D eigenvalue weighted by atomic mass is 16.2. The lowest BCUT2D eigenvalue weighted by Crippen LogP contribution is -2.48. The van der Waals surface area contributed by atoms with Crippen molar-refractivity contribution >= 4 is 11.4 Å². The van der Waals surface area contributed by atoms with Crippen LogP contribution in [0, 0.1) is 6.92 Å². The zero-order valence-corrected chi connectivity index (χ0v) is 17.0. The number of pyridine rings is 1. The van der Waals surface area contributed by atoms with Crippen molar-refractivity contribution in [3.63, 3.8) is 0 Å². The molecule has 1 aromatic carbocycles. The second-order valence-electron chi connectivity index (χ2n) is 7.67. The van der Waals surface area contributed by atoms with Crippen molar-refractivity contribution in [1.29, 1.82) is 0 Å². The molecular weight excluding hydrogens is 376 g/mol. The van der Waals surface area contributed by atoms with Gasteiger partial charge in [0.25, 0.3) is 5.91 Å². The van der Waals surface area contributed by atoms with Gasteiger partial charge in [0.05, 0.1) is 34.4 Å². The minimum absolute atomic E-state index is 0.0575. The first-order valence-corrected chi connectivity index (χ1v) is 10.2. The van der Waals surface area contributed by atoms with Crippen LogP contribution in [-0.4, -0.2) is 61.3 Å². The molecule has 5 rings (SSSR count). The molecule has 1 amide bonds. The van der Waals surface area contributed by atoms with E-state index in [9.17, 15) is 4.79 Å². The lowest BCUT2D eigenvalue weighted by Gasteiger charge is -2.34. The molecule has 7 nitrogen and oxygen atoms in total. The summed E-state index contributed by atoms with van der Waals surface area (Å²) in [5.41, 5.74) is 4.67. The van der Waals surface area contributed by atoms with Gasteiger partial charge in [0.1, 0.15) is 0 Å². The van der Waals surface area contributed by atoms with E-state index < -0.39 is 0 Å². The van der Waals surface area contributed by atoms with Crippen molar-refractivity contribution in [3.05, 3.63) is 83.9 Å². The standard InChI is InChI=1S/C23H24N6O/c1-18-22(16-24-29(18)20-7-3-2-4-8-20)23(30)27-13-11-26(12-14-27)17-19-15-21-9-5-6-10-28(21)25-19/h2-10,15-16H,11-14,17H2,1H3. The van der Waals surface area contributed by atoms with Crippen molar-refractivity contribution in [2.24, 2.45) is 0 Å². The molecule has 0 atom stereocenters. The summed E-state index contributed by atoms with van der Waals surface area (Å²) in [5.74, 6) is 0.0575. The van der Waals surface area contributed by atoms with Gasteiger partial charge in [-0.3, -0.25) is 9.69 Å². The van der Waals surface area contributed by atoms with E-state index in [0.717, 1.165) is 42.2 Å². The van der Waals surface area contributed by atoms with Crippen LogP contribution in [0.5, 0.6) is 0 Å².